The van der Waals surface area contributed by atoms with Crippen LogP contribution < -0.4 is 0 Å². The van der Waals surface area contributed by atoms with Crippen LogP contribution in [0, 0.1) is 0 Å². The zero-order chi connectivity index (χ0) is 19.7. The van der Waals surface area contributed by atoms with Crippen LogP contribution in [0.1, 0.15) is 65.5 Å². The molecule has 0 saturated carbocycles. The Balaban J connectivity index is 2.02. The van der Waals surface area contributed by atoms with E-state index in [1.54, 1.807) is 0 Å². The van der Waals surface area contributed by atoms with E-state index in [2.05, 4.69) is 108 Å². The molecule has 0 unspecified atom stereocenters. The first-order valence-electron chi connectivity index (χ1n) is 9.98. The van der Waals surface area contributed by atoms with E-state index in [0.29, 0.717) is 0 Å². The molecule has 0 aromatic heterocycles. The average Bonchev–Trinajstić information content (AvgIpc) is 2.62. The lowest BCUT2D eigenvalue weighted by atomic mass is 9.87. The van der Waals surface area contributed by atoms with Gasteiger partial charge in [0.15, 0.2) is 14.7 Å². The molecular weight excluding hydrogens is 344 g/mol. The van der Waals surface area contributed by atoms with Gasteiger partial charge in [0.25, 0.3) is 0 Å². The van der Waals surface area contributed by atoms with Gasteiger partial charge in [-0.3, -0.25) is 0 Å². The molecule has 1 aliphatic rings. The molecule has 1 heteroatoms. The normalized spacial score (nSPS) is 15.1. The van der Waals surface area contributed by atoms with E-state index >= 15 is 0 Å². The second-order valence-electron chi connectivity index (χ2n) is 9.44. The van der Waals surface area contributed by atoms with E-state index in [1.807, 2.05) is 0 Å². The van der Waals surface area contributed by atoms with Crippen molar-refractivity contribution < 1.29 is 0 Å². The fourth-order valence-electron chi connectivity index (χ4n) is 3.33. The summed E-state index contributed by atoms with van der Waals surface area (Å²) in [5.74, 6) is 0. The first kappa shape index (κ1) is 20.0. The van der Waals surface area contributed by atoms with Gasteiger partial charge < -0.3 is 0 Å². The standard InChI is InChI=1S/C26H33S/c1-25(2,3)20-12-16-23(17-13-20)27(22-10-8-7-9-11-22)24-18-14-21(15-19-24)26(4,5)6/h8,10-19H,7,9H2,1-6H3/q+1. The monoisotopic (exact) mass is 377 g/mol. The quantitative estimate of drug-likeness (QED) is 0.484. The van der Waals surface area contributed by atoms with E-state index in [4.69, 9.17) is 0 Å². The third-order valence-electron chi connectivity index (χ3n) is 5.11. The number of rotatable bonds is 3. The fraction of sp³-hybridized carbons (Fsp3) is 0.385. The van der Waals surface area contributed by atoms with Gasteiger partial charge >= 0.3 is 0 Å². The van der Waals surface area contributed by atoms with Crippen LogP contribution in [-0.4, -0.2) is 0 Å². The average molecular weight is 378 g/mol. The third-order valence-corrected chi connectivity index (χ3v) is 7.37. The van der Waals surface area contributed by atoms with Crippen LogP contribution in [0.15, 0.2) is 81.5 Å². The third kappa shape index (κ3) is 4.76. The molecule has 0 spiro atoms. The van der Waals surface area contributed by atoms with Gasteiger partial charge in [-0.25, -0.2) is 0 Å². The van der Waals surface area contributed by atoms with E-state index < -0.39 is 0 Å². The second-order valence-corrected chi connectivity index (χ2v) is 11.5. The number of allylic oxidation sites excluding steroid dienone is 3. The zero-order valence-electron chi connectivity index (χ0n) is 17.7. The molecular formula is C26H33S+. The van der Waals surface area contributed by atoms with Gasteiger partial charge in [-0.1, -0.05) is 71.9 Å². The Kier molecular flexibility index (Phi) is 5.72. The Morgan fingerprint density at radius 2 is 1.07 bits per heavy atom. The zero-order valence-corrected chi connectivity index (χ0v) is 18.5. The minimum Gasteiger partial charge on any atom is -0.0792 e. The van der Waals surface area contributed by atoms with Crippen molar-refractivity contribution in [1.29, 1.82) is 0 Å². The van der Waals surface area contributed by atoms with Gasteiger partial charge in [0, 0.05) is 0 Å². The molecule has 0 fully saturated rings. The van der Waals surface area contributed by atoms with Crippen molar-refractivity contribution in [2.75, 3.05) is 0 Å². The van der Waals surface area contributed by atoms with Crippen LogP contribution in [0.25, 0.3) is 0 Å². The van der Waals surface area contributed by atoms with Crippen LogP contribution >= 0.6 is 0 Å². The van der Waals surface area contributed by atoms with Crippen molar-refractivity contribution in [3.05, 3.63) is 82.8 Å². The summed E-state index contributed by atoms with van der Waals surface area (Å²) in [7, 11) is -0.0335. The predicted octanol–water partition coefficient (Wildman–Crippen LogP) is 7.55. The molecule has 27 heavy (non-hydrogen) atoms. The van der Waals surface area contributed by atoms with Crippen LogP contribution in [0.3, 0.4) is 0 Å². The Morgan fingerprint density at radius 3 is 1.41 bits per heavy atom. The highest BCUT2D eigenvalue weighted by molar-refractivity contribution is 8.00. The van der Waals surface area contributed by atoms with Gasteiger partial charge in [-0.05, 0) is 71.2 Å². The molecule has 0 bridgehead atoms. The van der Waals surface area contributed by atoms with Crippen LogP contribution in [0.5, 0.6) is 0 Å². The topological polar surface area (TPSA) is 0 Å². The van der Waals surface area contributed by atoms with Gasteiger partial charge in [0.2, 0.25) is 0 Å². The van der Waals surface area contributed by atoms with Crippen molar-refractivity contribution in [2.45, 2.75) is 75.0 Å². The van der Waals surface area contributed by atoms with Crippen molar-refractivity contribution in [3.8, 4) is 0 Å². The van der Waals surface area contributed by atoms with E-state index in [0.717, 1.165) is 12.8 Å². The van der Waals surface area contributed by atoms with E-state index in [-0.39, 0.29) is 21.7 Å². The molecule has 0 radical (unpaired) electrons. The summed E-state index contributed by atoms with van der Waals surface area (Å²) in [6, 6.07) is 18.6. The van der Waals surface area contributed by atoms with E-state index in [9.17, 15) is 0 Å². The maximum atomic E-state index is 2.43. The first-order chi connectivity index (χ1) is 12.7. The molecule has 1 aliphatic carbocycles. The maximum Gasteiger partial charge on any atom is 0.166 e. The summed E-state index contributed by atoms with van der Waals surface area (Å²) >= 11 is 0. The van der Waals surface area contributed by atoms with Crippen LogP contribution in [0.4, 0.5) is 0 Å². The minimum atomic E-state index is -0.0335. The molecule has 0 heterocycles. The lowest BCUT2D eigenvalue weighted by Crippen LogP contribution is -2.13. The van der Waals surface area contributed by atoms with Crippen molar-refractivity contribution in [3.63, 3.8) is 0 Å². The highest BCUT2D eigenvalue weighted by Gasteiger charge is 2.31. The van der Waals surface area contributed by atoms with E-state index in [1.165, 1.54) is 25.8 Å². The smallest absolute Gasteiger partial charge is 0.0792 e. The van der Waals surface area contributed by atoms with Gasteiger partial charge in [-0.15, -0.1) is 0 Å². The van der Waals surface area contributed by atoms with Crippen molar-refractivity contribution in [1.82, 2.24) is 0 Å². The molecule has 3 rings (SSSR count). The fourth-order valence-corrected chi connectivity index (χ4v) is 5.48. The summed E-state index contributed by atoms with van der Waals surface area (Å²) in [6.07, 6.45) is 9.39. The molecule has 0 atom stereocenters. The minimum absolute atomic E-state index is 0.0335. The lowest BCUT2D eigenvalue weighted by Gasteiger charge is -2.20. The van der Waals surface area contributed by atoms with Crippen molar-refractivity contribution >= 4 is 10.9 Å². The van der Waals surface area contributed by atoms with Crippen LogP contribution in [-0.2, 0) is 21.7 Å². The van der Waals surface area contributed by atoms with Crippen LogP contribution in [0.2, 0.25) is 0 Å². The van der Waals surface area contributed by atoms with Crippen molar-refractivity contribution in [2.24, 2.45) is 0 Å². The molecule has 0 nitrogen and oxygen atoms in total. The summed E-state index contributed by atoms with van der Waals surface area (Å²) in [4.78, 5) is 4.27. The van der Waals surface area contributed by atoms with Gasteiger partial charge in [0.1, 0.15) is 0 Å². The van der Waals surface area contributed by atoms with Gasteiger partial charge in [-0.2, -0.15) is 0 Å². The highest BCUT2D eigenvalue weighted by atomic mass is 32.2. The molecule has 0 amide bonds. The molecule has 0 saturated heterocycles. The van der Waals surface area contributed by atoms with Gasteiger partial charge in [0.05, 0.1) is 10.9 Å². The summed E-state index contributed by atoms with van der Waals surface area (Å²) < 4.78 is 0. The lowest BCUT2D eigenvalue weighted by molar-refractivity contribution is 0.589. The highest BCUT2D eigenvalue weighted by Crippen LogP contribution is 2.35. The summed E-state index contributed by atoms with van der Waals surface area (Å²) in [5, 5.41) is 0. The second kappa shape index (κ2) is 7.72. The Morgan fingerprint density at radius 1 is 0.630 bits per heavy atom. The SMILES string of the molecule is CC(C)(C)c1ccc([S+](C2=CCCC=C2)c2ccc(C(C)(C)C)cc2)cc1. The summed E-state index contributed by atoms with van der Waals surface area (Å²) in [5.41, 5.74) is 3.17. The first-order valence-corrected chi connectivity index (χ1v) is 11.2. The Hall–Kier alpha value is -1.73. The predicted molar refractivity (Wildman–Crippen MR) is 121 cm³/mol. The Bertz CT molecular complexity index is 764. The molecule has 0 N–H and O–H groups in total. The number of benzene rings is 2. The Labute approximate surface area is 168 Å². The molecule has 2 aromatic rings. The molecule has 0 aliphatic heterocycles. The largest absolute Gasteiger partial charge is 0.166 e. The number of hydrogen-bond donors (Lipinski definition) is 0. The number of hydrogen-bond acceptors (Lipinski definition) is 0. The molecule has 142 valence electrons. The maximum absolute atomic E-state index is 2.43. The molecule has 2 aromatic carbocycles. The summed E-state index contributed by atoms with van der Waals surface area (Å²) in [6.45, 7) is 13.7.